The number of H-pyrrole nitrogens is 1. The van der Waals surface area contributed by atoms with Crippen molar-refractivity contribution >= 4 is 6.03 Å². The Kier molecular flexibility index (Phi) is 5.20. The quantitative estimate of drug-likeness (QED) is 0.834. The highest BCUT2D eigenvalue weighted by Crippen LogP contribution is 2.21. The summed E-state index contributed by atoms with van der Waals surface area (Å²) < 4.78 is 10.6. The lowest BCUT2D eigenvalue weighted by Crippen LogP contribution is -2.45. The van der Waals surface area contributed by atoms with Crippen molar-refractivity contribution in [3.05, 3.63) is 33.2 Å². The van der Waals surface area contributed by atoms with E-state index in [0.29, 0.717) is 18.7 Å². The maximum Gasteiger partial charge on any atom is 0.318 e. The lowest BCUT2D eigenvalue weighted by atomic mass is 10.1. The van der Waals surface area contributed by atoms with Crippen molar-refractivity contribution in [1.82, 2.24) is 15.2 Å². The zero-order chi connectivity index (χ0) is 17.1. The second-order valence-electron chi connectivity index (χ2n) is 6.49. The average Bonchev–Trinajstić information content (AvgIpc) is 3.19. The third-order valence-electron chi connectivity index (χ3n) is 4.92. The molecule has 0 aromatic carbocycles. The van der Waals surface area contributed by atoms with Crippen LogP contribution >= 0.6 is 0 Å². The second kappa shape index (κ2) is 7.36. The number of aryl methyl sites for hydroxylation is 2. The summed E-state index contributed by atoms with van der Waals surface area (Å²) in [6.45, 7) is 1.25. The van der Waals surface area contributed by atoms with Gasteiger partial charge in [0.2, 0.25) is 0 Å². The first-order valence-electron chi connectivity index (χ1n) is 8.42. The van der Waals surface area contributed by atoms with Crippen molar-refractivity contribution in [2.75, 3.05) is 27.4 Å². The van der Waals surface area contributed by atoms with Crippen molar-refractivity contribution in [3.63, 3.8) is 0 Å². The van der Waals surface area contributed by atoms with Crippen LogP contribution in [-0.2, 0) is 28.9 Å². The first-order valence-corrected chi connectivity index (χ1v) is 8.42. The van der Waals surface area contributed by atoms with Crippen LogP contribution in [0.25, 0.3) is 0 Å². The smallest absolute Gasteiger partial charge is 0.318 e. The molecule has 2 heterocycles. The number of amides is 2. The van der Waals surface area contributed by atoms with E-state index in [9.17, 15) is 9.59 Å². The van der Waals surface area contributed by atoms with Crippen LogP contribution in [0.1, 0.15) is 29.7 Å². The molecule has 7 heteroatoms. The topological polar surface area (TPSA) is 83.7 Å². The molecule has 1 fully saturated rings. The molecule has 1 saturated heterocycles. The van der Waals surface area contributed by atoms with Crippen LogP contribution in [0.5, 0.6) is 0 Å². The number of methoxy groups -OCH3 is 2. The van der Waals surface area contributed by atoms with Crippen LogP contribution in [-0.4, -0.2) is 55.4 Å². The summed E-state index contributed by atoms with van der Waals surface area (Å²) in [6.07, 6.45) is 3.79. The molecule has 132 valence electrons. The number of pyridine rings is 1. The number of rotatable bonds is 5. The molecule has 0 radical (unpaired) electrons. The zero-order valence-electron chi connectivity index (χ0n) is 14.3. The predicted octanol–water partition coefficient (Wildman–Crippen LogP) is 0.809. The number of urea groups is 1. The van der Waals surface area contributed by atoms with E-state index in [1.54, 1.807) is 19.1 Å². The highest BCUT2D eigenvalue weighted by atomic mass is 16.5. The molecule has 2 amide bonds. The minimum absolute atomic E-state index is 0.00162. The number of nitrogens with one attached hydrogen (secondary N) is 2. The standard InChI is InChI=1S/C17H25N3O4/c1-23-10-13-7-14(24-2)9-20(13)17(22)18-8-12-6-11-4-3-5-15(11)19-16(12)21/h6,13-14H,3-5,7-10H2,1-2H3,(H,18,22)(H,19,21)/t13-,14-/m0/s1. The number of carbonyl (C=O) groups is 1. The Hall–Kier alpha value is -1.86. The van der Waals surface area contributed by atoms with Crippen LogP contribution in [0.4, 0.5) is 4.79 Å². The van der Waals surface area contributed by atoms with Gasteiger partial charge >= 0.3 is 6.03 Å². The fraction of sp³-hybridized carbons (Fsp3) is 0.647. The molecular formula is C17H25N3O4. The number of aromatic amines is 1. The molecular weight excluding hydrogens is 310 g/mol. The number of fused-ring (bicyclic) bond motifs is 1. The third-order valence-corrected chi connectivity index (χ3v) is 4.92. The van der Waals surface area contributed by atoms with Gasteiger partial charge in [0.25, 0.3) is 5.56 Å². The minimum Gasteiger partial charge on any atom is -0.383 e. The van der Waals surface area contributed by atoms with Crippen molar-refractivity contribution in [3.8, 4) is 0 Å². The van der Waals surface area contributed by atoms with E-state index >= 15 is 0 Å². The summed E-state index contributed by atoms with van der Waals surface area (Å²) in [5.74, 6) is 0. The number of nitrogens with zero attached hydrogens (tertiary/aromatic N) is 1. The van der Waals surface area contributed by atoms with E-state index < -0.39 is 0 Å². The molecule has 0 bridgehead atoms. The van der Waals surface area contributed by atoms with E-state index in [4.69, 9.17) is 9.47 Å². The Balaban J connectivity index is 1.64. The highest BCUT2D eigenvalue weighted by Gasteiger charge is 2.35. The summed E-state index contributed by atoms with van der Waals surface area (Å²) in [7, 11) is 3.28. The maximum atomic E-state index is 12.5. The van der Waals surface area contributed by atoms with Gasteiger partial charge in [0.05, 0.1) is 18.8 Å². The van der Waals surface area contributed by atoms with E-state index in [1.165, 1.54) is 5.56 Å². The number of hydrogen-bond donors (Lipinski definition) is 2. The van der Waals surface area contributed by atoms with Gasteiger partial charge in [-0.3, -0.25) is 4.79 Å². The summed E-state index contributed by atoms with van der Waals surface area (Å²) in [5.41, 5.74) is 2.73. The van der Waals surface area contributed by atoms with Gasteiger partial charge in [-0.05, 0) is 37.3 Å². The van der Waals surface area contributed by atoms with E-state index in [0.717, 1.165) is 31.4 Å². The molecule has 1 aliphatic heterocycles. The first kappa shape index (κ1) is 17.0. The molecule has 1 aromatic rings. The van der Waals surface area contributed by atoms with Gasteiger partial charge in [-0.25, -0.2) is 4.79 Å². The number of hydrogen-bond acceptors (Lipinski definition) is 4. The SMILES string of the molecule is COC[C@@H]1C[C@H](OC)CN1C(=O)NCc1cc2c([nH]c1=O)CCC2. The Bertz CT molecular complexity index is 658. The average molecular weight is 335 g/mol. The van der Waals surface area contributed by atoms with Gasteiger partial charge in [0, 0.05) is 38.6 Å². The second-order valence-corrected chi connectivity index (χ2v) is 6.49. The van der Waals surface area contributed by atoms with Crippen LogP contribution in [0.15, 0.2) is 10.9 Å². The Morgan fingerprint density at radius 2 is 2.25 bits per heavy atom. The van der Waals surface area contributed by atoms with Crippen molar-refractivity contribution in [2.24, 2.45) is 0 Å². The van der Waals surface area contributed by atoms with Gasteiger partial charge in [-0.15, -0.1) is 0 Å². The molecule has 0 saturated carbocycles. The summed E-state index contributed by atoms with van der Waals surface area (Å²) in [4.78, 5) is 29.3. The fourth-order valence-electron chi connectivity index (χ4n) is 3.61. The molecule has 2 atom stereocenters. The number of aromatic nitrogens is 1. The van der Waals surface area contributed by atoms with Gasteiger partial charge in [-0.1, -0.05) is 0 Å². The lowest BCUT2D eigenvalue weighted by molar-refractivity contribution is 0.110. The van der Waals surface area contributed by atoms with Crippen LogP contribution in [0, 0.1) is 0 Å². The number of likely N-dealkylation sites (tertiary alicyclic amines) is 1. The summed E-state index contributed by atoms with van der Waals surface area (Å²) in [6, 6.07) is 1.74. The van der Waals surface area contributed by atoms with Gasteiger partial charge < -0.3 is 24.7 Å². The third kappa shape index (κ3) is 3.47. The molecule has 2 N–H and O–H groups in total. The number of ether oxygens (including phenoxy) is 2. The summed E-state index contributed by atoms with van der Waals surface area (Å²) in [5, 5.41) is 2.86. The first-order chi connectivity index (χ1) is 11.6. The fourth-order valence-corrected chi connectivity index (χ4v) is 3.61. The highest BCUT2D eigenvalue weighted by molar-refractivity contribution is 5.75. The van der Waals surface area contributed by atoms with Crippen LogP contribution in [0.3, 0.4) is 0 Å². The predicted molar refractivity (Wildman–Crippen MR) is 89.1 cm³/mol. The molecule has 0 spiro atoms. The largest absolute Gasteiger partial charge is 0.383 e. The molecule has 1 aromatic heterocycles. The summed E-state index contributed by atoms with van der Waals surface area (Å²) >= 11 is 0. The number of carbonyl (C=O) groups excluding carboxylic acids is 1. The van der Waals surface area contributed by atoms with E-state index in [1.807, 2.05) is 6.07 Å². The van der Waals surface area contributed by atoms with Crippen molar-refractivity contribution in [1.29, 1.82) is 0 Å². The van der Waals surface area contributed by atoms with E-state index in [-0.39, 0.29) is 30.3 Å². The zero-order valence-corrected chi connectivity index (χ0v) is 14.3. The molecule has 24 heavy (non-hydrogen) atoms. The molecule has 2 aliphatic rings. The molecule has 1 aliphatic carbocycles. The molecule has 7 nitrogen and oxygen atoms in total. The van der Waals surface area contributed by atoms with Crippen molar-refractivity contribution in [2.45, 2.75) is 44.4 Å². The Labute approximate surface area is 141 Å². The Morgan fingerprint density at radius 3 is 3.00 bits per heavy atom. The van der Waals surface area contributed by atoms with E-state index in [2.05, 4.69) is 10.3 Å². The van der Waals surface area contributed by atoms with Crippen LogP contribution in [0.2, 0.25) is 0 Å². The minimum atomic E-state index is -0.184. The molecule has 0 unspecified atom stereocenters. The monoisotopic (exact) mass is 335 g/mol. The molecule has 3 rings (SSSR count). The normalized spacial score (nSPS) is 22.7. The Morgan fingerprint density at radius 1 is 1.42 bits per heavy atom. The maximum absolute atomic E-state index is 12.5. The van der Waals surface area contributed by atoms with Gasteiger partial charge in [0.15, 0.2) is 0 Å². The van der Waals surface area contributed by atoms with Crippen molar-refractivity contribution < 1.29 is 14.3 Å². The lowest BCUT2D eigenvalue weighted by Gasteiger charge is -2.24. The van der Waals surface area contributed by atoms with Crippen LogP contribution < -0.4 is 10.9 Å². The van der Waals surface area contributed by atoms with Gasteiger partial charge in [0.1, 0.15) is 0 Å². The van der Waals surface area contributed by atoms with Gasteiger partial charge in [-0.2, -0.15) is 0 Å².